The molecule has 0 fully saturated rings. The summed E-state index contributed by atoms with van der Waals surface area (Å²) in [6.45, 7) is 3.99. The highest BCUT2D eigenvalue weighted by molar-refractivity contribution is 7.15. The zero-order valence-electron chi connectivity index (χ0n) is 18.0. The predicted molar refractivity (Wildman–Crippen MR) is 124 cm³/mol. The van der Waals surface area contributed by atoms with Crippen molar-refractivity contribution in [1.82, 2.24) is 19.5 Å². The molecule has 0 saturated heterocycles. The van der Waals surface area contributed by atoms with Gasteiger partial charge in [0.15, 0.2) is 5.82 Å². The van der Waals surface area contributed by atoms with Gasteiger partial charge in [-0.25, -0.2) is 9.66 Å². The van der Waals surface area contributed by atoms with Crippen LogP contribution >= 0.6 is 11.3 Å². The zero-order valence-corrected chi connectivity index (χ0v) is 18.9. The number of aromatic nitrogens is 3. The Bertz CT molecular complexity index is 1250. The molecule has 0 aromatic carbocycles. The predicted octanol–water partition coefficient (Wildman–Crippen LogP) is 2.35. The van der Waals surface area contributed by atoms with Crippen LogP contribution in [-0.4, -0.2) is 44.5 Å². The fraction of sp³-hybridized carbons (Fsp3) is 0.348. The highest BCUT2D eigenvalue weighted by Crippen LogP contribution is 2.31. The van der Waals surface area contributed by atoms with Crippen LogP contribution in [0.25, 0.3) is 16.5 Å². The van der Waals surface area contributed by atoms with Crippen LogP contribution in [0.1, 0.15) is 34.6 Å². The van der Waals surface area contributed by atoms with E-state index >= 15 is 0 Å². The van der Waals surface area contributed by atoms with Crippen molar-refractivity contribution in [2.45, 2.75) is 39.3 Å². The van der Waals surface area contributed by atoms with Gasteiger partial charge in [-0.15, -0.1) is 11.3 Å². The highest BCUT2D eigenvalue weighted by Gasteiger charge is 2.29. The van der Waals surface area contributed by atoms with Gasteiger partial charge in [0.05, 0.1) is 18.9 Å². The molecule has 3 aromatic heterocycles. The number of thiophene rings is 1. The second-order valence-electron chi connectivity index (χ2n) is 8.11. The number of methoxy groups -OCH3 is 1. The Kier molecular flexibility index (Phi) is 5.64. The van der Waals surface area contributed by atoms with E-state index in [9.17, 15) is 9.90 Å². The quantitative estimate of drug-likeness (QED) is 0.615. The van der Waals surface area contributed by atoms with Crippen LogP contribution in [0.5, 0.6) is 0 Å². The van der Waals surface area contributed by atoms with Crippen molar-refractivity contribution in [2.75, 3.05) is 19.1 Å². The number of fused-ring (bicyclic) bond motifs is 2. The molecule has 3 aromatic rings. The Hall–Kier alpha value is -2.85. The molecule has 1 atom stereocenters. The molecule has 5 rings (SSSR count). The van der Waals surface area contributed by atoms with Crippen molar-refractivity contribution >= 4 is 17.4 Å². The number of hydrogen-bond donors (Lipinski definition) is 2. The summed E-state index contributed by atoms with van der Waals surface area (Å²) in [5.74, 6) is 0.594. The lowest BCUT2D eigenvalue weighted by molar-refractivity contribution is 0.180. The third-order valence-electron chi connectivity index (χ3n) is 5.87. The summed E-state index contributed by atoms with van der Waals surface area (Å²) in [6, 6.07) is 7.69. The Balaban J connectivity index is 1.40. The molecule has 1 unspecified atom stereocenters. The van der Waals surface area contributed by atoms with Gasteiger partial charge in [0.1, 0.15) is 6.17 Å². The summed E-state index contributed by atoms with van der Waals surface area (Å²) < 4.78 is 6.64. The maximum absolute atomic E-state index is 12.7. The molecule has 2 aliphatic rings. The van der Waals surface area contributed by atoms with E-state index in [1.165, 1.54) is 16.3 Å². The second-order valence-corrected chi connectivity index (χ2v) is 9.28. The lowest BCUT2D eigenvalue weighted by atomic mass is 10.0. The maximum atomic E-state index is 12.7. The Morgan fingerprint density at radius 1 is 1.34 bits per heavy atom. The Morgan fingerprint density at radius 2 is 2.22 bits per heavy atom. The van der Waals surface area contributed by atoms with Gasteiger partial charge >= 0.3 is 0 Å². The molecule has 0 spiro atoms. The number of aliphatic hydroxyl groups excluding tert-OH is 1. The molecule has 2 aliphatic heterocycles. The number of rotatable bonds is 5. The lowest BCUT2D eigenvalue weighted by Crippen LogP contribution is -2.51. The Labute approximate surface area is 189 Å². The Morgan fingerprint density at radius 3 is 3.00 bits per heavy atom. The number of nitrogens with one attached hydrogen (secondary N) is 1. The van der Waals surface area contributed by atoms with E-state index in [1.54, 1.807) is 18.4 Å². The minimum absolute atomic E-state index is 0.0540. The minimum Gasteiger partial charge on any atom is -0.391 e. The number of hydrogen-bond acceptors (Lipinski definition) is 8. The average molecular weight is 452 g/mol. The summed E-state index contributed by atoms with van der Waals surface area (Å²) in [6.07, 6.45) is 4.63. The lowest BCUT2D eigenvalue weighted by Gasteiger charge is -2.38. The molecule has 0 radical (unpaired) electrons. The normalized spacial score (nSPS) is 18.0. The van der Waals surface area contributed by atoms with Gasteiger partial charge in [-0.1, -0.05) is 0 Å². The highest BCUT2D eigenvalue weighted by atomic mass is 32.1. The summed E-state index contributed by atoms with van der Waals surface area (Å²) in [5, 5.41) is 9.37. The molecule has 9 heteroatoms. The number of pyridine rings is 1. The molecule has 166 valence electrons. The third-order valence-corrected chi connectivity index (χ3v) is 6.98. The minimum atomic E-state index is -0.144. The molecular formula is C23H25N5O3S. The molecule has 5 heterocycles. The SMILES string of the molecule is COCc1cc(=O)n2c(n1)C=C(C)C(N1CCc3ncc(-c4ccc(CO)s4)cc3C1)N2. The largest absolute Gasteiger partial charge is 0.391 e. The van der Waals surface area contributed by atoms with Crippen LogP contribution in [0.4, 0.5) is 0 Å². The second kappa shape index (κ2) is 8.59. The van der Waals surface area contributed by atoms with E-state index in [0.717, 1.165) is 46.1 Å². The van der Waals surface area contributed by atoms with Crippen LogP contribution in [0.15, 0.2) is 40.8 Å². The van der Waals surface area contributed by atoms with Gasteiger partial charge in [0.2, 0.25) is 0 Å². The average Bonchev–Trinajstić information content (AvgIpc) is 3.28. The van der Waals surface area contributed by atoms with Crippen molar-refractivity contribution in [3.63, 3.8) is 0 Å². The molecule has 32 heavy (non-hydrogen) atoms. The molecule has 0 aliphatic carbocycles. The van der Waals surface area contributed by atoms with Crippen molar-refractivity contribution in [3.8, 4) is 10.4 Å². The molecule has 0 bridgehead atoms. The monoisotopic (exact) mass is 451 g/mol. The van der Waals surface area contributed by atoms with Crippen molar-refractivity contribution in [1.29, 1.82) is 0 Å². The third kappa shape index (κ3) is 3.88. The van der Waals surface area contributed by atoms with E-state index in [1.807, 2.05) is 24.4 Å². The molecular weight excluding hydrogens is 426 g/mol. The van der Waals surface area contributed by atoms with E-state index in [0.29, 0.717) is 18.1 Å². The fourth-order valence-electron chi connectivity index (χ4n) is 4.30. The van der Waals surface area contributed by atoms with Gasteiger partial charge in [0, 0.05) is 59.9 Å². The summed E-state index contributed by atoms with van der Waals surface area (Å²) in [5.41, 5.74) is 8.30. The van der Waals surface area contributed by atoms with Crippen LogP contribution in [-0.2, 0) is 30.9 Å². The standard InChI is InChI=1S/C23H25N5O3S/c1-14-7-21-25-17(13-31-2)9-22(30)28(21)26-23(14)27-6-5-19-16(11-27)8-15(10-24-19)20-4-3-18(12-29)32-20/h3-4,7-10,23,26,29H,5-6,11-13H2,1-2H3. The first-order chi connectivity index (χ1) is 15.6. The topological polar surface area (TPSA) is 92.5 Å². The number of ether oxygens (including phenoxy) is 1. The van der Waals surface area contributed by atoms with Gasteiger partial charge in [-0.2, -0.15) is 0 Å². The van der Waals surface area contributed by atoms with E-state index < -0.39 is 0 Å². The molecule has 0 saturated carbocycles. The fourth-order valence-corrected chi connectivity index (χ4v) is 5.14. The van der Waals surface area contributed by atoms with Gasteiger partial charge < -0.3 is 9.84 Å². The molecule has 2 N–H and O–H groups in total. The smallest absolute Gasteiger partial charge is 0.272 e. The van der Waals surface area contributed by atoms with E-state index in [2.05, 4.69) is 28.3 Å². The van der Waals surface area contributed by atoms with Crippen molar-refractivity contribution in [3.05, 3.63) is 74.0 Å². The summed E-state index contributed by atoms with van der Waals surface area (Å²) >= 11 is 1.59. The maximum Gasteiger partial charge on any atom is 0.272 e. The first kappa shape index (κ1) is 21.0. The van der Waals surface area contributed by atoms with Gasteiger partial charge in [-0.3, -0.25) is 20.1 Å². The van der Waals surface area contributed by atoms with Gasteiger partial charge in [-0.05, 0) is 42.3 Å². The van der Waals surface area contributed by atoms with Crippen LogP contribution < -0.4 is 11.0 Å². The first-order valence-corrected chi connectivity index (χ1v) is 11.4. The van der Waals surface area contributed by atoms with Crippen molar-refractivity contribution < 1.29 is 9.84 Å². The van der Waals surface area contributed by atoms with Crippen LogP contribution in [0.3, 0.4) is 0 Å². The first-order valence-electron chi connectivity index (χ1n) is 10.5. The van der Waals surface area contributed by atoms with Crippen LogP contribution in [0.2, 0.25) is 0 Å². The molecule has 0 amide bonds. The van der Waals surface area contributed by atoms with Crippen molar-refractivity contribution in [2.24, 2.45) is 0 Å². The van der Waals surface area contributed by atoms with E-state index in [-0.39, 0.29) is 18.3 Å². The number of nitrogens with zero attached hydrogens (tertiary/aromatic N) is 4. The van der Waals surface area contributed by atoms with Gasteiger partial charge in [0.25, 0.3) is 5.56 Å². The molecule has 8 nitrogen and oxygen atoms in total. The zero-order chi connectivity index (χ0) is 22.2. The summed E-state index contributed by atoms with van der Waals surface area (Å²) in [4.78, 5) is 26.3. The van der Waals surface area contributed by atoms with E-state index in [4.69, 9.17) is 9.72 Å². The summed E-state index contributed by atoms with van der Waals surface area (Å²) in [7, 11) is 1.59. The van der Waals surface area contributed by atoms with Crippen LogP contribution in [0, 0.1) is 0 Å². The number of aliphatic hydroxyl groups is 1.